The highest BCUT2D eigenvalue weighted by Gasteiger charge is 2.30. The van der Waals surface area contributed by atoms with Crippen LogP contribution in [0.5, 0.6) is 0 Å². The third kappa shape index (κ3) is 5.05. The second kappa shape index (κ2) is 9.46. The minimum Gasteiger partial charge on any atom is -0.349 e. The number of nitrogens with zero attached hydrogens (tertiary/aromatic N) is 2. The molecular formula is C23H32N4O4S. The smallest absolute Gasteiger partial charge is 0.253 e. The number of carbonyl (C=O) groups excluding carboxylic acids is 2. The molecule has 1 aromatic carbocycles. The molecule has 0 bridgehead atoms. The van der Waals surface area contributed by atoms with E-state index in [4.69, 9.17) is 0 Å². The highest BCUT2D eigenvalue weighted by Crippen LogP contribution is 2.24. The van der Waals surface area contributed by atoms with Gasteiger partial charge in [0.25, 0.3) is 5.91 Å². The molecule has 2 amide bonds. The van der Waals surface area contributed by atoms with Crippen molar-refractivity contribution in [3.05, 3.63) is 47.3 Å². The van der Waals surface area contributed by atoms with Crippen molar-refractivity contribution in [1.82, 2.24) is 14.2 Å². The van der Waals surface area contributed by atoms with Crippen LogP contribution in [0.15, 0.2) is 35.2 Å². The third-order valence-corrected chi connectivity index (χ3v) is 7.76. The van der Waals surface area contributed by atoms with Crippen LogP contribution >= 0.6 is 0 Å². The van der Waals surface area contributed by atoms with E-state index < -0.39 is 10.0 Å². The highest BCUT2D eigenvalue weighted by atomic mass is 32.2. The van der Waals surface area contributed by atoms with E-state index >= 15 is 0 Å². The van der Waals surface area contributed by atoms with Gasteiger partial charge >= 0.3 is 0 Å². The summed E-state index contributed by atoms with van der Waals surface area (Å²) in [7, 11) is -3.63. The van der Waals surface area contributed by atoms with Crippen molar-refractivity contribution in [1.29, 1.82) is 0 Å². The maximum absolute atomic E-state index is 13.0. The largest absolute Gasteiger partial charge is 0.349 e. The van der Waals surface area contributed by atoms with Gasteiger partial charge in [-0.15, -0.1) is 0 Å². The molecular weight excluding hydrogens is 428 g/mol. The number of aryl methyl sites for hydroxylation is 1. The Balaban J connectivity index is 1.62. The van der Waals surface area contributed by atoms with Gasteiger partial charge in [-0.2, -0.15) is 4.31 Å². The summed E-state index contributed by atoms with van der Waals surface area (Å²) in [6, 6.07) is 8.27. The van der Waals surface area contributed by atoms with Gasteiger partial charge in [0, 0.05) is 49.2 Å². The molecule has 0 unspecified atom stereocenters. The molecule has 2 N–H and O–H groups in total. The van der Waals surface area contributed by atoms with Crippen LogP contribution in [0.3, 0.4) is 0 Å². The molecule has 0 atom stereocenters. The first kappa shape index (κ1) is 24.0. The lowest BCUT2D eigenvalue weighted by Crippen LogP contribution is -2.46. The Bertz CT molecular complexity index is 1100. The normalized spacial score (nSPS) is 15.7. The first-order chi connectivity index (χ1) is 15.0. The lowest BCUT2D eigenvalue weighted by molar-refractivity contribution is -0.114. The molecule has 0 radical (unpaired) electrons. The van der Waals surface area contributed by atoms with Gasteiger partial charge in [-0.05, 0) is 70.9 Å². The Labute approximate surface area is 190 Å². The van der Waals surface area contributed by atoms with Crippen LogP contribution in [0.2, 0.25) is 0 Å². The van der Waals surface area contributed by atoms with Gasteiger partial charge in [0.15, 0.2) is 0 Å². The molecule has 0 aliphatic carbocycles. The molecule has 1 fully saturated rings. The number of nitrogens with one attached hydrogen (secondary N) is 2. The molecule has 1 saturated heterocycles. The Morgan fingerprint density at radius 2 is 1.66 bits per heavy atom. The van der Waals surface area contributed by atoms with Gasteiger partial charge < -0.3 is 15.2 Å². The van der Waals surface area contributed by atoms with E-state index in [-0.39, 0.29) is 28.8 Å². The van der Waals surface area contributed by atoms with E-state index in [9.17, 15) is 18.0 Å². The predicted octanol–water partition coefficient (Wildman–Crippen LogP) is 3.23. The summed E-state index contributed by atoms with van der Waals surface area (Å²) in [5.41, 5.74) is 3.21. The molecule has 2 heterocycles. The lowest BCUT2D eigenvalue weighted by Gasteiger charge is -2.31. The molecule has 1 aliphatic rings. The van der Waals surface area contributed by atoms with Gasteiger partial charge in [0.2, 0.25) is 15.9 Å². The summed E-state index contributed by atoms with van der Waals surface area (Å²) < 4.78 is 29.5. The topological polar surface area (TPSA) is 101 Å². The van der Waals surface area contributed by atoms with Crippen molar-refractivity contribution in [3.8, 4) is 0 Å². The summed E-state index contributed by atoms with van der Waals surface area (Å²) in [4.78, 5) is 24.2. The van der Waals surface area contributed by atoms with Gasteiger partial charge in [-0.25, -0.2) is 8.42 Å². The molecule has 0 saturated carbocycles. The van der Waals surface area contributed by atoms with Crippen molar-refractivity contribution < 1.29 is 18.0 Å². The lowest BCUT2D eigenvalue weighted by atomic mass is 10.1. The number of sulfonamides is 1. The number of rotatable bonds is 6. The number of amides is 2. The zero-order valence-electron chi connectivity index (χ0n) is 19.3. The minimum atomic E-state index is -3.63. The fourth-order valence-electron chi connectivity index (χ4n) is 4.37. The number of aromatic nitrogens is 1. The number of hydrogen-bond acceptors (Lipinski definition) is 4. The predicted molar refractivity (Wildman–Crippen MR) is 124 cm³/mol. The second-order valence-corrected chi connectivity index (χ2v) is 10.5. The second-order valence-electron chi connectivity index (χ2n) is 8.61. The Morgan fingerprint density at radius 3 is 2.16 bits per heavy atom. The zero-order chi connectivity index (χ0) is 23.6. The number of piperidine rings is 1. The fourth-order valence-corrected chi connectivity index (χ4v) is 5.84. The molecule has 174 valence electrons. The molecule has 8 nitrogen and oxygen atoms in total. The van der Waals surface area contributed by atoms with Gasteiger partial charge in [0.05, 0.1) is 10.5 Å². The number of carbonyl (C=O) groups is 2. The van der Waals surface area contributed by atoms with E-state index in [1.807, 2.05) is 19.9 Å². The van der Waals surface area contributed by atoms with Crippen molar-refractivity contribution in [2.45, 2.75) is 64.4 Å². The average Bonchev–Trinajstić information content (AvgIpc) is 3.02. The van der Waals surface area contributed by atoms with E-state index in [1.54, 1.807) is 12.1 Å². The Kier molecular flexibility index (Phi) is 7.09. The summed E-state index contributed by atoms with van der Waals surface area (Å²) in [6.45, 7) is 10.2. The minimum absolute atomic E-state index is 0.0711. The van der Waals surface area contributed by atoms with Crippen molar-refractivity contribution in [2.75, 3.05) is 18.4 Å². The van der Waals surface area contributed by atoms with Crippen LogP contribution in [0.25, 0.3) is 0 Å². The van der Waals surface area contributed by atoms with Crippen molar-refractivity contribution in [2.24, 2.45) is 0 Å². The number of hydrogen-bond donors (Lipinski definition) is 2. The summed E-state index contributed by atoms with van der Waals surface area (Å²) in [6.07, 6.45) is 1.11. The Hall–Kier alpha value is -2.65. The molecule has 1 aliphatic heterocycles. The maximum Gasteiger partial charge on any atom is 0.253 e. The van der Waals surface area contributed by atoms with Crippen LogP contribution in [-0.4, -0.2) is 48.2 Å². The highest BCUT2D eigenvalue weighted by molar-refractivity contribution is 7.89. The molecule has 9 heteroatoms. The third-order valence-electron chi connectivity index (χ3n) is 5.85. The van der Waals surface area contributed by atoms with Crippen LogP contribution < -0.4 is 10.6 Å². The first-order valence-corrected chi connectivity index (χ1v) is 12.3. The number of anilines is 1. The molecule has 1 aromatic heterocycles. The van der Waals surface area contributed by atoms with Crippen molar-refractivity contribution >= 4 is 27.5 Å². The molecule has 3 rings (SSSR count). The first-order valence-electron chi connectivity index (χ1n) is 10.9. The van der Waals surface area contributed by atoms with Crippen LogP contribution in [0.4, 0.5) is 5.69 Å². The Morgan fingerprint density at radius 1 is 1.06 bits per heavy atom. The van der Waals surface area contributed by atoms with Crippen LogP contribution in [0, 0.1) is 13.8 Å². The van der Waals surface area contributed by atoms with E-state index in [0.29, 0.717) is 37.2 Å². The van der Waals surface area contributed by atoms with E-state index in [2.05, 4.69) is 29.0 Å². The summed E-state index contributed by atoms with van der Waals surface area (Å²) >= 11 is 0. The summed E-state index contributed by atoms with van der Waals surface area (Å²) in [5.74, 6) is -0.323. The zero-order valence-corrected chi connectivity index (χ0v) is 20.1. The van der Waals surface area contributed by atoms with Crippen LogP contribution in [-0.2, 0) is 14.8 Å². The van der Waals surface area contributed by atoms with Crippen molar-refractivity contribution in [3.63, 3.8) is 0 Å². The summed E-state index contributed by atoms with van der Waals surface area (Å²) in [5, 5.41) is 5.71. The monoisotopic (exact) mass is 460 g/mol. The maximum atomic E-state index is 13.0. The van der Waals surface area contributed by atoms with Gasteiger partial charge in [-0.3, -0.25) is 9.59 Å². The van der Waals surface area contributed by atoms with E-state index in [1.165, 1.54) is 23.4 Å². The van der Waals surface area contributed by atoms with Gasteiger partial charge in [-0.1, -0.05) is 0 Å². The average molecular weight is 461 g/mol. The number of benzene rings is 1. The molecule has 32 heavy (non-hydrogen) atoms. The van der Waals surface area contributed by atoms with Crippen LogP contribution in [0.1, 0.15) is 61.4 Å². The fraction of sp³-hybridized carbons (Fsp3) is 0.478. The SMILES string of the molecule is CC(=O)Nc1ccc(S(=O)(=O)N2CCC(NC(=O)c3cc(C)n(C(C)C)c3C)CC2)cc1. The standard InChI is InChI=1S/C23H32N4O4S/c1-15(2)27-16(3)14-22(17(27)4)23(29)25-20-10-12-26(13-11-20)32(30,31)21-8-6-19(7-9-21)24-18(5)28/h6-9,14-15,20H,10-13H2,1-5H3,(H,24,28)(H,25,29). The molecule has 0 spiro atoms. The van der Waals surface area contributed by atoms with Gasteiger partial charge in [0.1, 0.15) is 0 Å². The quantitative estimate of drug-likeness (QED) is 0.691. The van der Waals surface area contributed by atoms with E-state index in [0.717, 1.165) is 11.4 Å². The molecule has 2 aromatic rings.